The van der Waals surface area contributed by atoms with Crippen LogP contribution in [0.2, 0.25) is 0 Å². The molecule has 0 atom stereocenters. The summed E-state index contributed by atoms with van der Waals surface area (Å²) < 4.78 is 11.1. The normalized spacial score (nSPS) is 10.8. The maximum absolute atomic E-state index is 5.83. The molecule has 0 aliphatic carbocycles. The average molecular weight is 283 g/mol. The number of methoxy groups -OCH3 is 1. The van der Waals surface area contributed by atoms with Crippen molar-refractivity contribution in [3.63, 3.8) is 0 Å². The first-order valence-electron chi connectivity index (χ1n) is 7.05. The van der Waals surface area contributed by atoms with Crippen molar-refractivity contribution < 1.29 is 9.47 Å². The molecule has 2 aromatic rings. The molecule has 0 unspecified atom stereocenters. The molecule has 0 radical (unpaired) electrons. The number of hydrogen-bond donors (Lipinski definition) is 1. The van der Waals surface area contributed by atoms with Gasteiger partial charge in [0.15, 0.2) is 0 Å². The summed E-state index contributed by atoms with van der Waals surface area (Å²) in [7, 11) is 1.65. The Labute approximate surface area is 126 Å². The van der Waals surface area contributed by atoms with Gasteiger partial charge in [-0.1, -0.05) is 42.5 Å². The maximum atomic E-state index is 5.83. The predicted molar refractivity (Wildman–Crippen MR) is 86.7 cm³/mol. The largest absolute Gasteiger partial charge is 0.497 e. The van der Waals surface area contributed by atoms with Crippen molar-refractivity contribution in [1.82, 2.24) is 0 Å². The summed E-state index contributed by atoms with van der Waals surface area (Å²) in [6.45, 7) is 1.11. The maximum Gasteiger partial charge on any atom is 0.126 e. The SMILES string of the molecule is COc1ccc(CCN)c(OCC=Cc2ccccc2)c1. The van der Waals surface area contributed by atoms with Gasteiger partial charge in [-0.15, -0.1) is 0 Å². The molecular formula is C18H21NO2. The molecule has 110 valence electrons. The molecule has 0 aromatic heterocycles. The van der Waals surface area contributed by atoms with Crippen LogP contribution in [-0.2, 0) is 6.42 Å². The molecule has 2 N–H and O–H groups in total. The van der Waals surface area contributed by atoms with Crippen molar-refractivity contribution in [2.24, 2.45) is 5.73 Å². The van der Waals surface area contributed by atoms with Crippen molar-refractivity contribution in [3.05, 3.63) is 65.7 Å². The van der Waals surface area contributed by atoms with Crippen LogP contribution in [0.3, 0.4) is 0 Å². The summed E-state index contributed by atoms with van der Waals surface area (Å²) in [4.78, 5) is 0. The van der Waals surface area contributed by atoms with Gasteiger partial charge in [0.05, 0.1) is 7.11 Å². The standard InChI is InChI=1S/C18H21NO2/c1-20-17-10-9-16(11-12-19)18(14-17)21-13-5-8-15-6-3-2-4-7-15/h2-10,14H,11-13,19H2,1H3. The monoisotopic (exact) mass is 283 g/mol. The third-order valence-corrected chi connectivity index (χ3v) is 3.13. The van der Waals surface area contributed by atoms with E-state index in [1.807, 2.05) is 48.6 Å². The first-order valence-corrected chi connectivity index (χ1v) is 7.05. The number of hydrogen-bond acceptors (Lipinski definition) is 3. The number of nitrogens with two attached hydrogens (primary N) is 1. The zero-order valence-electron chi connectivity index (χ0n) is 12.3. The van der Waals surface area contributed by atoms with Crippen molar-refractivity contribution in [3.8, 4) is 11.5 Å². The number of benzene rings is 2. The van der Waals surface area contributed by atoms with Gasteiger partial charge in [-0.25, -0.2) is 0 Å². The molecule has 0 fully saturated rings. The van der Waals surface area contributed by atoms with E-state index in [1.165, 1.54) is 0 Å². The fourth-order valence-electron chi connectivity index (χ4n) is 2.04. The van der Waals surface area contributed by atoms with Gasteiger partial charge in [-0.05, 0) is 36.2 Å². The lowest BCUT2D eigenvalue weighted by atomic mass is 10.1. The Kier molecular flexibility index (Phi) is 5.85. The van der Waals surface area contributed by atoms with Crippen molar-refractivity contribution in [1.29, 1.82) is 0 Å². The van der Waals surface area contributed by atoms with Crippen LogP contribution in [-0.4, -0.2) is 20.3 Å². The summed E-state index contributed by atoms with van der Waals surface area (Å²) in [6, 6.07) is 16.0. The van der Waals surface area contributed by atoms with Crippen molar-refractivity contribution in [2.45, 2.75) is 6.42 Å². The lowest BCUT2D eigenvalue weighted by Crippen LogP contribution is -2.05. The van der Waals surface area contributed by atoms with Gasteiger partial charge in [-0.2, -0.15) is 0 Å². The fraction of sp³-hybridized carbons (Fsp3) is 0.222. The van der Waals surface area contributed by atoms with E-state index in [1.54, 1.807) is 7.11 Å². The fourth-order valence-corrected chi connectivity index (χ4v) is 2.04. The molecule has 3 nitrogen and oxygen atoms in total. The second-order valence-corrected chi connectivity index (χ2v) is 4.64. The average Bonchev–Trinajstić information content (AvgIpc) is 2.54. The van der Waals surface area contributed by atoms with Crippen LogP contribution in [0.1, 0.15) is 11.1 Å². The van der Waals surface area contributed by atoms with Crippen LogP contribution in [0.5, 0.6) is 11.5 Å². The zero-order chi connectivity index (χ0) is 14.9. The summed E-state index contributed by atoms with van der Waals surface area (Å²) >= 11 is 0. The molecule has 0 saturated carbocycles. The zero-order valence-corrected chi connectivity index (χ0v) is 12.3. The van der Waals surface area contributed by atoms with Crippen LogP contribution in [0, 0.1) is 0 Å². The Morgan fingerprint density at radius 2 is 1.90 bits per heavy atom. The van der Waals surface area contributed by atoms with E-state index in [9.17, 15) is 0 Å². The second-order valence-electron chi connectivity index (χ2n) is 4.64. The quantitative estimate of drug-likeness (QED) is 0.848. The molecule has 2 aromatic carbocycles. The second kappa shape index (κ2) is 8.12. The Balaban J connectivity index is 1.99. The van der Waals surface area contributed by atoms with E-state index >= 15 is 0 Å². The first-order chi connectivity index (χ1) is 10.3. The molecule has 0 heterocycles. The third-order valence-electron chi connectivity index (χ3n) is 3.13. The highest BCUT2D eigenvalue weighted by Gasteiger charge is 2.04. The molecule has 2 rings (SSSR count). The highest BCUT2D eigenvalue weighted by atomic mass is 16.5. The lowest BCUT2D eigenvalue weighted by molar-refractivity contribution is 0.353. The van der Waals surface area contributed by atoms with Crippen LogP contribution < -0.4 is 15.2 Å². The minimum atomic E-state index is 0.514. The lowest BCUT2D eigenvalue weighted by Gasteiger charge is -2.11. The Bertz CT molecular complexity index is 579. The number of rotatable bonds is 7. The van der Waals surface area contributed by atoms with E-state index < -0.39 is 0 Å². The van der Waals surface area contributed by atoms with Gasteiger partial charge in [-0.3, -0.25) is 0 Å². The highest BCUT2D eigenvalue weighted by Crippen LogP contribution is 2.25. The smallest absolute Gasteiger partial charge is 0.126 e. The molecule has 0 spiro atoms. The van der Waals surface area contributed by atoms with E-state index in [2.05, 4.69) is 12.1 Å². The summed E-state index contributed by atoms with van der Waals surface area (Å²) in [5, 5.41) is 0. The first kappa shape index (κ1) is 15.1. The molecule has 0 saturated heterocycles. The minimum Gasteiger partial charge on any atom is -0.497 e. The third kappa shape index (κ3) is 4.65. The molecule has 0 bridgehead atoms. The van der Waals surface area contributed by atoms with Gasteiger partial charge in [0.25, 0.3) is 0 Å². The Morgan fingerprint density at radius 3 is 2.62 bits per heavy atom. The van der Waals surface area contributed by atoms with Crippen LogP contribution in [0.4, 0.5) is 0 Å². The van der Waals surface area contributed by atoms with Gasteiger partial charge in [0.2, 0.25) is 0 Å². The highest BCUT2D eigenvalue weighted by molar-refractivity contribution is 5.49. The predicted octanol–water partition coefficient (Wildman–Crippen LogP) is 3.29. The summed E-state index contributed by atoms with van der Waals surface area (Å²) in [5.74, 6) is 1.62. The molecule has 3 heteroatoms. The Hall–Kier alpha value is -2.26. The van der Waals surface area contributed by atoms with E-state index in [0.29, 0.717) is 13.2 Å². The van der Waals surface area contributed by atoms with Gasteiger partial charge in [0.1, 0.15) is 18.1 Å². The van der Waals surface area contributed by atoms with E-state index in [4.69, 9.17) is 15.2 Å². The van der Waals surface area contributed by atoms with Gasteiger partial charge >= 0.3 is 0 Å². The minimum absolute atomic E-state index is 0.514. The molecule has 0 aliphatic rings. The van der Waals surface area contributed by atoms with Crippen molar-refractivity contribution in [2.75, 3.05) is 20.3 Å². The van der Waals surface area contributed by atoms with Crippen LogP contribution in [0.15, 0.2) is 54.6 Å². The molecule has 0 aliphatic heterocycles. The summed E-state index contributed by atoms with van der Waals surface area (Å²) in [6.07, 6.45) is 4.84. The van der Waals surface area contributed by atoms with E-state index in [0.717, 1.165) is 29.0 Å². The van der Waals surface area contributed by atoms with Crippen LogP contribution in [0.25, 0.3) is 6.08 Å². The Morgan fingerprint density at radius 1 is 1.10 bits per heavy atom. The van der Waals surface area contributed by atoms with E-state index in [-0.39, 0.29) is 0 Å². The molecule has 0 amide bonds. The topological polar surface area (TPSA) is 44.5 Å². The molecule has 21 heavy (non-hydrogen) atoms. The van der Waals surface area contributed by atoms with Crippen LogP contribution >= 0.6 is 0 Å². The van der Waals surface area contributed by atoms with Gasteiger partial charge in [0, 0.05) is 6.07 Å². The van der Waals surface area contributed by atoms with Crippen molar-refractivity contribution >= 4 is 6.08 Å². The number of ether oxygens (including phenoxy) is 2. The van der Waals surface area contributed by atoms with Gasteiger partial charge < -0.3 is 15.2 Å². The summed E-state index contributed by atoms with van der Waals surface area (Å²) in [5.41, 5.74) is 7.89. The molecular weight excluding hydrogens is 262 g/mol.